The smallest absolute Gasteiger partial charge is 0.291 e. The second-order valence-electron chi connectivity index (χ2n) is 5.58. The molecule has 0 saturated heterocycles. The van der Waals surface area contributed by atoms with Crippen molar-refractivity contribution in [1.82, 2.24) is 0 Å². The Morgan fingerprint density at radius 3 is 2.62 bits per heavy atom. The number of carbonyl (C=O) groups excluding carboxylic acids is 1. The van der Waals surface area contributed by atoms with E-state index in [1.807, 2.05) is 6.92 Å². The summed E-state index contributed by atoms with van der Waals surface area (Å²) in [6, 6.07) is 12.9. The van der Waals surface area contributed by atoms with Crippen molar-refractivity contribution in [3.05, 3.63) is 75.7 Å². The summed E-state index contributed by atoms with van der Waals surface area (Å²) in [4.78, 5) is 12.2. The minimum Gasteiger partial charge on any atom is -0.506 e. The van der Waals surface area contributed by atoms with E-state index in [9.17, 15) is 9.90 Å². The summed E-state index contributed by atoms with van der Waals surface area (Å²) in [6.07, 6.45) is 0. The van der Waals surface area contributed by atoms with Gasteiger partial charge in [-0.1, -0.05) is 23.2 Å². The predicted octanol–water partition coefficient (Wildman–Crippen LogP) is 5.43. The molecule has 1 aromatic heterocycles. The van der Waals surface area contributed by atoms with E-state index in [-0.39, 0.29) is 23.8 Å². The van der Waals surface area contributed by atoms with Gasteiger partial charge in [-0.05, 0) is 61.0 Å². The van der Waals surface area contributed by atoms with E-state index in [4.69, 9.17) is 32.4 Å². The van der Waals surface area contributed by atoms with Crippen molar-refractivity contribution in [2.45, 2.75) is 13.5 Å². The number of furan rings is 1. The third-order valence-corrected chi connectivity index (χ3v) is 4.07. The molecule has 1 heterocycles. The van der Waals surface area contributed by atoms with Gasteiger partial charge in [0.2, 0.25) is 0 Å². The Morgan fingerprint density at radius 1 is 1.12 bits per heavy atom. The molecule has 2 aromatic carbocycles. The minimum atomic E-state index is -0.503. The topological polar surface area (TPSA) is 71.7 Å². The molecule has 0 spiro atoms. The summed E-state index contributed by atoms with van der Waals surface area (Å²) >= 11 is 11.8. The zero-order valence-electron chi connectivity index (χ0n) is 13.8. The van der Waals surface area contributed by atoms with E-state index in [1.54, 1.807) is 24.3 Å². The maximum atomic E-state index is 12.2. The first-order valence-corrected chi connectivity index (χ1v) is 8.45. The highest BCUT2D eigenvalue weighted by Gasteiger charge is 2.14. The SMILES string of the molecule is Cc1cc(Cl)ccc1OCc1ccc(C(=O)Nc2cc(Cl)ccc2O)o1. The van der Waals surface area contributed by atoms with Gasteiger partial charge < -0.3 is 19.6 Å². The summed E-state index contributed by atoms with van der Waals surface area (Å²) in [5.41, 5.74) is 1.10. The molecule has 26 heavy (non-hydrogen) atoms. The summed E-state index contributed by atoms with van der Waals surface area (Å²) in [7, 11) is 0. The quantitative estimate of drug-likeness (QED) is 0.568. The van der Waals surface area contributed by atoms with Crippen molar-refractivity contribution in [3.63, 3.8) is 0 Å². The first kappa shape index (κ1) is 18.2. The number of phenolic OH excluding ortho intramolecular Hbond substituents is 1. The molecule has 0 aliphatic heterocycles. The fourth-order valence-corrected chi connectivity index (χ4v) is 2.69. The lowest BCUT2D eigenvalue weighted by Gasteiger charge is -2.08. The molecule has 0 atom stereocenters. The number of aromatic hydroxyl groups is 1. The Labute approximate surface area is 160 Å². The summed E-state index contributed by atoms with van der Waals surface area (Å²) < 4.78 is 11.2. The van der Waals surface area contributed by atoms with Crippen LogP contribution in [0.25, 0.3) is 0 Å². The van der Waals surface area contributed by atoms with Crippen LogP contribution in [-0.2, 0) is 6.61 Å². The number of rotatable bonds is 5. The molecule has 2 N–H and O–H groups in total. The highest BCUT2D eigenvalue weighted by molar-refractivity contribution is 6.31. The Bertz CT molecular complexity index is 952. The lowest BCUT2D eigenvalue weighted by molar-refractivity contribution is 0.0992. The van der Waals surface area contributed by atoms with E-state index in [0.29, 0.717) is 21.6 Å². The van der Waals surface area contributed by atoms with Crippen LogP contribution >= 0.6 is 23.2 Å². The second-order valence-corrected chi connectivity index (χ2v) is 6.45. The third-order valence-electron chi connectivity index (χ3n) is 3.60. The third kappa shape index (κ3) is 4.31. The van der Waals surface area contributed by atoms with Crippen LogP contribution in [0.4, 0.5) is 5.69 Å². The van der Waals surface area contributed by atoms with Crippen LogP contribution in [0.15, 0.2) is 52.9 Å². The number of amides is 1. The molecule has 3 rings (SSSR count). The Hall–Kier alpha value is -2.63. The van der Waals surface area contributed by atoms with Gasteiger partial charge in [0.05, 0.1) is 5.69 Å². The van der Waals surface area contributed by atoms with E-state index >= 15 is 0 Å². The molecule has 1 amide bonds. The van der Waals surface area contributed by atoms with Crippen LogP contribution in [0.5, 0.6) is 11.5 Å². The Morgan fingerprint density at radius 2 is 1.85 bits per heavy atom. The molecule has 5 nitrogen and oxygen atoms in total. The van der Waals surface area contributed by atoms with Gasteiger partial charge in [0, 0.05) is 10.0 Å². The maximum absolute atomic E-state index is 12.2. The number of phenols is 1. The van der Waals surface area contributed by atoms with Crippen LogP contribution in [0, 0.1) is 6.92 Å². The van der Waals surface area contributed by atoms with E-state index in [0.717, 1.165) is 5.56 Å². The van der Waals surface area contributed by atoms with Crippen molar-refractivity contribution in [2.24, 2.45) is 0 Å². The molecule has 0 bridgehead atoms. The number of carbonyl (C=O) groups is 1. The van der Waals surface area contributed by atoms with Gasteiger partial charge in [-0.15, -0.1) is 0 Å². The normalized spacial score (nSPS) is 10.6. The average molecular weight is 392 g/mol. The Balaban J connectivity index is 1.65. The van der Waals surface area contributed by atoms with Crippen molar-refractivity contribution in [1.29, 1.82) is 0 Å². The van der Waals surface area contributed by atoms with Crippen LogP contribution < -0.4 is 10.1 Å². The molecule has 0 unspecified atom stereocenters. The summed E-state index contributed by atoms with van der Waals surface area (Å²) in [5, 5.41) is 13.3. The standard InChI is InChI=1S/C19H15Cl2NO4/c1-11-8-12(20)3-6-17(11)25-10-14-4-7-18(26-14)19(24)22-15-9-13(21)2-5-16(15)23/h2-9,23H,10H2,1H3,(H,22,24). The molecule has 0 aliphatic rings. The first-order valence-electron chi connectivity index (χ1n) is 7.70. The van der Waals surface area contributed by atoms with Crippen molar-refractivity contribution in [2.75, 3.05) is 5.32 Å². The average Bonchev–Trinajstić information content (AvgIpc) is 3.06. The number of hydrogen-bond acceptors (Lipinski definition) is 4. The second kappa shape index (κ2) is 7.72. The zero-order chi connectivity index (χ0) is 18.7. The zero-order valence-corrected chi connectivity index (χ0v) is 15.3. The fraction of sp³-hybridized carbons (Fsp3) is 0.105. The van der Waals surface area contributed by atoms with E-state index in [2.05, 4.69) is 5.32 Å². The molecule has 0 radical (unpaired) electrons. The van der Waals surface area contributed by atoms with Gasteiger partial charge in [0.15, 0.2) is 5.76 Å². The highest BCUT2D eigenvalue weighted by atomic mass is 35.5. The number of aryl methyl sites for hydroxylation is 1. The van der Waals surface area contributed by atoms with Gasteiger partial charge in [0.25, 0.3) is 5.91 Å². The van der Waals surface area contributed by atoms with E-state index in [1.165, 1.54) is 24.3 Å². The predicted molar refractivity (Wildman–Crippen MR) is 100 cm³/mol. The highest BCUT2D eigenvalue weighted by Crippen LogP contribution is 2.27. The van der Waals surface area contributed by atoms with Crippen LogP contribution in [-0.4, -0.2) is 11.0 Å². The number of ether oxygens (including phenoxy) is 1. The molecule has 7 heteroatoms. The van der Waals surface area contributed by atoms with Gasteiger partial charge in [0.1, 0.15) is 23.9 Å². The lowest BCUT2D eigenvalue weighted by Crippen LogP contribution is -2.11. The maximum Gasteiger partial charge on any atom is 0.291 e. The van der Waals surface area contributed by atoms with Gasteiger partial charge in [-0.25, -0.2) is 0 Å². The molecular formula is C19H15Cl2NO4. The summed E-state index contributed by atoms with van der Waals surface area (Å²) in [5.74, 6) is 0.670. The lowest BCUT2D eigenvalue weighted by atomic mass is 10.2. The molecule has 0 saturated carbocycles. The molecule has 3 aromatic rings. The fourth-order valence-electron chi connectivity index (χ4n) is 2.29. The van der Waals surface area contributed by atoms with Crippen LogP contribution in [0.1, 0.15) is 21.9 Å². The largest absolute Gasteiger partial charge is 0.506 e. The number of hydrogen-bond donors (Lipinski definition) is 2. The summed E-state index contributed by atoms with van der Waals surface area (Å²) in [6.45, 7) is 2.05. The number of nitrogens with one attached hydrogen (secondary N) is 1. The molecule has 0 aliphatic carbocycles. The molecule has 0 fully saturated rings. The van der Waals surface area contributed by atoms with Crippen molar-refractivity contribution < 1.29 is 19.1 Å². The molecular weight excluding hydrogens is 377 g/mol. The number of benzene rings is 2. The van der Waals surface area contributed by atoms with E-state index < -0.39 is 5.91 Å². The Kier molecular flexibility index (Phi) is 5.40. The number of halogens is 2. The minimum absolute atomic E-state index is 0.0870. The first-order chi connectivity index (χ1) is 12.4. The van der Waals surface area contributed by atoms with Gasteiger partial charge in [-0.3, -0.25) is 4.79 Å². The van der Waals surface area contributed by atoms with Crippen molar-refractivity contribution in [3.8, 4) is 11.5 Å². The van der Waals surface area contributed by atoms with Gasteiger partial charge in [-0.2, -0.15) is 0 Å². The van der Waals surface area contributed by atoms with Crippen LogP contribution in [0.3, 0.4) is 0 Å². The number of anilines is 1. The monoisotopic (exact) mass is 391 g/mol. The van der Waals surface area contributed by atoms with Crippen LogP contribution in [0.2, 0.25) is 10.0 Å². The van der Waals surface area contributed by atoms with Gasteiger partial charge >= 0.3 is 0 Å². The van der Waals surface area contributed by atoms with Crippen molar-refractivity contribution >= 4 is 34.8 Å². The molecule has 134 valence electrons.